The van der Waals surface area contributed by atoms with Gasteiger partial charge in [-0.15, -0.1) is 0 Å². The van der Waals surface area contributed by atoms with Crippen LogP contribution in [-0.4, -0.2) is 48.6 Å². The highest BCUT2D eigenvalue weighted by atomic mass is 19.1. The van der Waals surface area contributed by atoms with Crippen molar-refractivity contribution in [3.8, 4) is 0 Å². The largest absolute Gasteiger partial charge is 0.379 e. The van der Waals surface area contributed by atoms with E-state index in [2.05, 4.69) is 17.0 Å². The van der Waals surface area contributed by atoms with E-state index in [0.717, 1.165) is 24.2 Å². The molecule has 0 N–H and O–H groups in total. The van der Waals surface area contributed by atoms with E-state index in [-0.39, 0.29) is 17.1 Å². The molecule has 0 unspecified atom stereocenters. The zero-order valence-corrected chi connectivity index (χ0v) is 15.4. The predicted molar refractivity (Wildman–Crippen MR) is 101 cm³/mol. The fourth-order valence-corrected chi connectivity index (χ4v) is 4.24. The van der Waals surface area contributed by atoms with Gasteiger partial charge >= 0.3 is 0 Å². The minimum absolute atomic E-state index is 0.185. The van der Waals surface area contributed by atoms with Crippen molar-refractivity contribution in [2.75, 3.05) is 32.8 Å². The number of carbonyl (C=O) groups is 1. The van der Waals surface area contributed by atoms with E-state index in [1.165, 1.54) is 6.07 Å². The lowest BCUT2D eigenvalue weighted by molar-refractivity contribution is -0.128. The van der Waals surface area contributed by atoms with E-state index < -0.39 is 0 Å². The average molecular weight is 368 g/mol. The van der Waals surface area contributed by atoms with Gasteiger partial charge in [-0.1, -0.05) is 42.5 Å². The lowest BCUT2D eigenvalue weighted by Crippen LogP contribution is -2.40. The minimum atomic E-state index is -0.210. The number of likely N-dealkylation sites (tertiary alicyclic amines) is 1. The van der Waals surface area contributed by atoms with Crippen LogP contribution in [0.1, 0.15) is 17.5 Å². The molecule has 142 valence electrons. The number of halogens is 1. The van der Waals surface area contributed by atoms with Gasteiger partial charge in [-0.25, -0.2) is 4.39 Å². The third kappa shape index (κ3) is 4.37. The van der Waals surface area contributed by atoms with Crippen LogP contribution in [0.15, 0.2) is 54.6 Å². The van der Waals surface area contributed by atoms with Gasteiger partial charge in [-0.05, 0) is 23.3 Å². The van der Waals surface area contributed by atoms with E-state index >= 15 is 0 Å². The first kappa shape index (κ1) is 18.1. The molecule has 27 heavy (non-hydrogen) atoms. The Labute approximate surface area is 159 Å². The average Bonchev–Trinajstić information content (AvgIpc) is 2.82. The molecule has 1 spiro atoms. The van der Waals surface area contributed by atoms with E-state index in [9.17, 15) is 9.18 Å². The molecule has 1 amide bonds. The van der Waals surface area contributed by atoms with E-state index in [1.54, 1.807) is 12.1 Å². The highest BCUT2D eigenvalue weighted by Crippen LogP contribution is 2.35. The second kappa shape index (κ2) is 7.79. The van der Waals surface area contributed by atoms with Crippen LogP contribution in [-0.2, 0) is 22.6 Å². The van der Waals surface area contributed by atoms with Crippen LogP contribution in [0, 0.1) is 11.2 Å². The molecule has 0 saturated carbocycles. The number of hydrogen-bond acceptors (Lipinski definition) is 3. The van der Waals surface area contributed by atoms with Crippen LogP contribution in [0.25, 0.3) is 0 Å². The quantitative estimate of drug-likeness (QED) is 0.832. The Balaban J connectivity index is 1.46. The van der Waals surface area contributed by atoms with Gasteiger partial charge in [-0.3, -0.25) is 9.69 Å². The molecule has 2 saturated heterocycles. The van der Waals surface area contributed by atoms with Crippen molar-refractivity contribution in [3.05, 3.63) is 71.5 Å². The maximum atomic E-state index is 13.5. The summed E-state index contributed by atoms with van der Waals surface area (Å²) in [5.74, 6) is -0.0200. The summed E-state index contributed by atoms with van der Waals surface area (Å²) in [7, 11) is 0. The summed E-state index contributed by atoms with van der Waals surface area (Å²) in [5, 5.41) is 0. The minimum Gasteiger partial charge on any atom is -0.379 e. The van der Waals surface area contributed by atoms with Gasteiger partial charge in [0, 0.05) is 44.6 Å². The maximum Gasteiger partial charge on any atom is 0.223 e. The van der Waals surface area contributed by atoms with Crippen molar-refractivity contribution < 1.29 is 13.9 Å². The van der Waals surface area contributed by atoms with Gasteiger partial charge in [0.1, 0.15) is 5.82 Å². The molecule has 0 bridgehead atoms. The summed E-state index contributed by atoms with van der Waals surface area (Å²) < 4.78 is 19.4. The fourth-order valence-electron chi connectivity index (χ4n) is 4.24. The molecular weight excluding hydrogens is 343 g/mol. The first-order valence-corrected chi connectivity index (χ1v) is 9.48. The predicted octanol–water partition coefficient (Wildman–Crippen LogP) is 3.08. The first-order valence-electron chi connectivity index (χ1n) is 9.48. The molecule has 0 aliphatic carbocycles. The summed E-state index contributed by atoms with van der Waals surface area (Å²) in [6.45, 7) is 4.86. The molecule has 0 aromatic heterocycles. The zero-order chi connectivity index (χ0) is 18.7. The summed E-state index contributed by atoms with van der Waals surface area (Å²) in [5.41, 5.74) is 1.92. The molecule has 1 atom stereocenters. The normalized spacial score (nSPS) is 23.7. The Hall–Kier alpha value is -2.24. The van der Waals surface area contributed by atoms with Crippen LogP contribution >= 0.6 is 0 Å². The monoisotopic (exact) mass is 368 g/mol. The molecule has 0 radical (unpaired) electrons. The number of nitrogens with zero attached hydrogens (tertiary/aromatic N) is 2. The van der Waals surface area contributed by atoms with E-state index in [0.29, 0.717) is 39.3 Å². The molecule has 2 fully saturated rings. The first-order chi connectivity index (χ1) is 13.1. The Morgan fingerprint density at radius 1 is 1.00 bits per heavy atom. The summed E-state index contributed by atoms with van der Waals surface area (Å²) in [6.07, 6.45) is 0.513. The van der Waals surface area contributed by atoms with Crippen LogP contribution in [0.3, 0.4) is 0 Å². The van der Waals surface area contributed by atoms with Crippen molar-refractivity contribution >= 4 is 5.91 Å². The van der Waals surface area contributed by atoms with E-state index in [1.807, 2.05) is 29.2 Å². The molecular formula is C22H25FN2O2. The van der Waals surface area contributed by atoms with E-state index in [4.69, 9.17) is 4.74 Å². The highest BCUT2D eigenvalue weighted by molar-refractivity contribution is 5.79. The van der Waals surface area contributed by atoms with Crippen LogP contribution in [0.5, 0.6) is 0 Å². The van der Waals surface area contributed by atoms with Crippen molar-refractivity contribution in [3.63, 3.8) is 0 Å². The lowest BCUT2D eigenvalue weighted by atomic mass is 9.87. The van der Waals surface area contributed by atoms with Gasteiger partial charge in [0.05, 0.1) is 13.2 Å². The number of amides is 1. The van der Waals surface area contributed by atoms with Crippen molar-refractivity contribution in [2.45, 2.75) is 19.5 Å². The van der Waals surface area contributed by atoms with Gasteiger partial charge in [-0.2, -0.15) is 0 Å². The Morgan fingerprint density at radius 2 is 1.81 bits per heavy atom. The molecule has 2 aromatic carbocycles. The van der Waals surface area contributed by atoms with Gasteiger partial charge in [0.2, 0.25) is 5.91 Å². The smallest absolute Gasteiger partial charge is 0.223 e. The highest BCUT2D eigenvalue weighted by Gasteiger charge is 2.45. The zero-order valence-electron chi connectivity index (χ0n) is 15.4. The maximum absolute atomic E-state index is 13.5. The van der Waals surface area contributed by atoms with Gasteiger partial charge < -0.3 is 9.64 Å². The summed E-state index contributed by atoms with van der Waals surface area (Å²) >= 11 is 0. The molecule has 2 aliphatic rings. The second-order valence-electron chi connectivity index (χ2n) is 7.81. The topological polar surface area (TPSA) is 32.8 Å². The third-order valence-corrected chi connectivity index (χ3v) is 5.44. The number of benzene rings is 2. The molecule has 4 nitrogen and oxygen atoms in total. The standard InChI is InChI=1S/C22H25FN2O2/c23-20-8-4-7-19(11-20)13-24-9-10-27-17-22(15-24)12-21(26)25(16-22)14-18-5-2-1-3-6-18/h1-8,11H,9-10,12-17H2/t22-/m0/s1. The number of carbonyl (C=O) groups excluding carboxylic acids is 1. The van der Waals surface area contributed by atoms with Crippen LogP contribution in [0.2, 0.25) is 0 Å². The number of rotatable bonds is 4. The molecule has 2 aromatic rings. The third-order valence-electron chi connectivity index (χ3n) is 5.44. The van der Waals surface area contributed by atoms with Crippen molar-refractivity contribution in [1.29, 1.82) is 0 Å². The Kier molecular flexibility index (Phi) is 5.23. The fraction of sp³-hybridized carbons (Fsp3) is 0.409. The van der Waals surface area contributed by atoms with Crippen LogP contribution in [0.4, 0.5) is 4.39 Å². The Morgan fingerprint density at radius 3 is 2.63 bits per heavy atom. The number of ether oxygens (including phenoxy) is 1. The molecule has 4 rings (SSSR count). The van der Waals surface area contributed by atoms with Crippen molar-refractivity contribution in [1.82, 2.24) is 9.80 Å². The van der Waals surface area contributed by atoms with Crippen LogP contribution < -0.4 is 0 Å². The summed E-state index contributed by atoms with van der Waals surface area (Å²) in [6, 6.07) is 16.8. The Bertz CT molecular complexity index is 798. The second-order valence-corrected chi connectivity index (χ2v) is 7.81. The summed E-state index contributed by atoms with van der Waals surface area (Å²) in [4.78, 5) is 16.9. The molecule has 2 aliphatic heterocycles. The van der Waals surface area contributed by atoms with Gasteiger partial charge in [0.15, 0.2) is 0 Å². The molecule has 2 heterocycles. The number of hydrogen-bond donors (Lipinski definition) is 0. The SMILES string of the molecule is O=C1C[C@@]2(COCCN(Cc3cccc(F)c3)C2)CN1Cc1ccccc1. The lowest BCUT2D eigenvalue weighted by Gasteiger charge is -2.31. The molecule has 5 heteroatoms. The van der Waals surface area contributed by atoms with Gasteiger partial charge in [0.25, 0.3) is 0 Å². The van der Waals surface area contributed by atoms with Crippen molar-refractivity contribution in [2.24, 2.45) is 5.41 Å².